The van der Waals surface area contributed by atoms with Crippen LogP contribution in [-0.4, -0.2) is 104 Å². The third-order valence-electron chi connectivity index (χ3n) is 11.1. The van der Waals surface area contributed by atoms with Crippen LogP contribution in [0.15, 0.2) is 108 Å². The van der Waals surface area contributed by atoms with Crippen LogP contribution in [0.5, 0.6) is 0 Å². The second-order valence-electron chi connectivity index (χ2n) is 16.4. The summed E-state index contributed by atoms with van der Waals surface area (Å²) in [7, 11) is 1.66. The molecule has 1 heterocycles. The van der Waals surface area contributed by atoms with Crippen LogP contribution >= 0.6 is 0 Å². The summed E-state index contributed by atoms with van der Waals surface area (Å²) in [5.41, 5.74) is 1.61. The van der Waals surface area contributed by atoms with Crippen LogP contribution in [0.1, 0.15) is 106 Å². The summed E-state index contributed by atoms with van der Waals surface area (Å²) < 4.78 is 11.5. The number of aliphatic hydroxyl groups excluding tert-OH is 6. The van der Waals surface area contributed by atoms with E-state index in [-0.39, 0.29) is 24.9 Å². The number of rotatable bonds is 15. The number of cyclic esters (lactones) is 1. The fraction of sp³-hybridized carbons (Fsp3) is 0.592. The van der Waals surface area contributed by atoms with Gasteiger partial charge in [-0.05, 0) is 64.7 Å². The molecule has 7 N–H and O–H groups in total. The largest absolute Gasteiger partial charge is 0.481 e. The van der Waals surface area contributed by atoms with Crippen molar-refractivity contribution in [2.45, 2.75) is 155 Å². The van der Waals surface area contributed by atoms with Crippen molar-refractivity contribution in [2.75, 3.05) is 7.11 Å². The molecule has 0 fully saturated rings. The number of carbonyl (C=O) groups excluding carboxylic acids is 1. The van der Waals surface area contributed by atoms with Crippen LogP contribution < -0.4 is 0 Å². The highest BCUT2D eigenvalue weighted by Gasteiger charge is 2.35. The lowest BCUT2D eigenvalue weighted by Gasteiger charge is -2.33. The molecule has 0 aromatic carbocycles. The lowest BCUT2D eigenvalue weighted by atomic mass is 9.81. The number of hydrogen-bond acceptors (Lipinski definition) is 10. The summed E-state index contributed by atoms with van der Waals surface area (Å²) >= 11 is 0. The standard InChI is InChI=1S/C49H76O11/c1-34(22-17-13-11-9-8-10-12-14-19-24-40(50)30-35(2)28-29-46(54)55)31-43(52)37(4)45-32-41(51)25-21-27-42(59-7)26-20-16-15-18-23-36(3)48(57)39(6)49(58)38(5)44(53)33-47(56)60-45/h8-20,22,30-31,36-45,48-53,57-58H,21,23-29,32-33H2,1-7H3,(H,54,55)/b9-8+,12-10+,13-11+,18-15+,19-14+,20-16-,22-17+,34-31+,35-30+. The molecule has 0 bridgehead atoms. The fourth-order valence-corrected chi connectivity index (χ4v) is 6.86. The van der Waals surface area contributed by atoms with Gasteiger partial charge >= 0.3 is 11.9 Å². The zero-order valence-corrected chi connectivity index (χ0v) is 37.0. The van der Waals surface area contributed by atoms with E-state index in [2.05, 4.69) is 0 Å². The van der Waals surface area contributed by atoms with Gasteiger partial charge in [-0.25, -0.2) is 0 Å². The number of allylic oxidation sites excluding steroid dienone is 14. The van der Waals surface area contributed by atoms with Gasteiger partial charge in [-0.15, -0.1) is 0 Å². The first kappa shape index (κ1) is 54.3. The van der Waals surface area contributed by atoms with Crippen molar-refractivity contribution in [1.29, 1.82) is 0 Å². The Morgan fingerprint density at radius 3 is 2.10 bits per heavy atom. The van der Waals surface area contributed by atoms with Crippen molar-refractivity contribution in [1.82, 2.24) is 0 Å². The number of methoxy groups -OCH3 is 1. The molecule has 1 rings (SSSR count). The number of hydrogen-bond donors (Lipinski definition) is 7. The Labute approximate surface area is 359 Å². The first-order valence-electron chi connectivity index (χ1n) is 21.5. The molecular formula is C49H76O11. The topological polar surface area (TPSA) is 194 Å². The number of aliphatic hydroxyl groups is 6. The van der Waals surface area contributed by atoms with E-state index in [1.807, 2.05) is 98.9 Å². The molecule has 0 saturated heterocycles. The fourth-order valence-electron chi connectivity index (χ4n) is 6.86. The Kier molecular flexibility index (Phi) is 28.3. The van der Waals surface area contributed by atoms with E-state index in [9.17, 15) is 40.2 Å². The van der Waals surface area contributed by atoms with Gasteiger partial charge in [0, 0.05) is 37.7 Å². The van der Waals surface area contributed by atoms with Crippen molar-refractivity contribution in [3.8, 4) is 0 Å². The molecule has 11 heteroatoms. The molecule has 0 aromatic rings. The van der Waals surface area contributed by atoms with Gasteiger partial charge in [-0.2, -0.15) is 0 Å². The van der Waals surface area contributed by atoms with Crippen molar-refractivity contribution in [3.63, 3.8) is 0 Å². The Morgan fingerprint density at radius 2 is 1.47 bits per heavy atom. The Bertz CT molecular complexity index is 1500. The van der Waals surface area contributed by atoms with E-state index in [4.69, 9.17) is 14.6 Å². The van der Waals surface area contributed by atoms with Gasteiger partial charge in [0.25, 0.3) is 0 Å². The number of carboxylic acid groups (broad SMARTS) is 1. The molecule has 0 aliphatic carbocycles. The highest BCUT2D eigenvalue weighted by atomic mass is 16.5. The van der Waals surface area contributed by atoms with E-state index in [0.717, 1.165) is 17.6 Å². The maximum absolute atomic E-state index is 13.3. The van der Waals surface area contributed by atoms with Gasteiger partial charge in [-0.1, -0.05) is 136 Å². The Hall–Kier alpha value is -3.68. The van der Waals surface area contributed by atoms with Gasteiger partial charge in [0.2, 0.25) is 0 Å². The minimum absolute atomic E-state index is 0.0389. The van der Waals surface area contributed by atoms with Crippen LogP contribution in [0.25, 0.3) is 0 Å². The predicted molar refractivity (Wildman–Crippen MR) is 239 cm³/mol. The minimum Gasteiger partial charge on any atom is -0.481 e. The van der Waals surface area contributed by atoms with Crippen LogP contribution in [0.3, 0.4) is 0 Å². The number of aliphatic carboxylic acids is 1. The first-order valence-corrected chi connectivity index (χ1v) is 21.5. The lowest BCUT2D eigenvalue weighted by molar-refractivity contribution is -0.159. The smallest absolute Gasteiger partial charge is 0.308 e. The highest BCUT2D eigenvalue weighted by Crippen LogP contribution is 2.28. The molecule has 0 saturated carbocycles. The lowest BCUT2D eigenvalue weighted by Crippen LogP contribution is -2.42. The molecule has 338 valence electrons. The van der Waals surface area contributed by atoms with E-state index in [1.165, 1.54) is 0 Å². The van der Waals surface area contributed by atoms with E-state index < -0.39 is 78.8 Å². The molecule has 12 unspecified atom stereocenters. The van der Waals surface area contributed by atoms with Crippen LogP contribution in [0, 0.1) is 23.7 Å². The molecular weight excluding hydrogens is 765 g/mol. The van der Waals surface area contributed by atoms with E-state index >= 15 is 0 Å². The molecule has 60 heavy (non-hydrogen) atoms. The summed E-state index contributed by atoms with van der Waals surface area (Å²) in [4.78, 5) is 23.9. The summed E-state index contributed by atoms with van der Waals surface area (Å²) in [5, 5.41) is 74.2. The minimum atomic E-state index is -1.25. The molecule has 12 atom stereocenters. The van der Waals surface area contributed by atoms with Gasteiger partial charge in [0.1, 0.15) is 6.10 Å². The third kappa shape index (κ3) is 23.9. The van der Waals surface area contributed by atoms with Gasteiger partial charge in [0.05, 0.1) is 49.1 Å². The molecule has 0 spiro atoms. The van der Waals surface area contributed by atoms with Crippen LogP contribution in [0.2, 0.25) is 0 Å². The highest BCUT2D eigenvalue weighted by molar-refractivity contribution is 5.70. The van der Waals surface area contributed by atoms with Crippen molar-refractivity contribution in [3.05, 3.63) is 108 Å². The first-order chi connectivity index (χ1) is 28.5. The van der Waals surface area contributed by atoms with Gasteiger partial charge in [0.15, 0.2) is 0 Å². The third-order valence-corrected chi connectivity index (χ3v) is 11.1. The number of esters is 1. The average molecular weight is 841 g/mol. The maximum Gasteiger partial charge on any atom is 0.308 e. The van der Waals surface area contributed by atoms with E-state index in [0.29, 0.717) is 38.5 Å². The van der Waals surface area contributed by atoms with Crippen molar-refractivity contribution in [2.24, 2.45) is 23.7 Å². The summed E-state index contributed by atoms with van der Waals surface area (Å²) in [6.07, 6.45) is 26.7. The molecule has 0 radical (unpaired) electrons. The molecule has 1 aliphatic rings. The second-order valence-corrected chi connectivity index (χ2v) is 16.4. The van der Waals surface area contributed by atoms with Gasteiger partial charge < -0.3 is 45.2 Å². The SMILES string of the molecule is COC1C/C=C\C=C\CC(C)C(O)C(C)C(O)C(C)C(O)CC(=O)OC(C(C)C(O)/C=C(C)/C=C/C=C/C=C/C=C/C=C/CC(O)/C=C(\C)CCC(=O)O)CC(O)CCC1. The molecule has 1 aliphatic heterocycles. The van der Waals surface area contributed by atoms with E-state index in [1.54, 1.807) is 47.0 Å². The quantitative estimate of drug-likeness (QED) is 0.0493. The van der Waals surface area contributed by atoms with Crippen LogP contribution in [0.4, 0.5) is 0 Å². The predicted octanol–water partition coefficient (Wildman–Crippen LogP) is 7.41. The van der Waals surface area contributed by atoms with Gasteiger partial charge in [-0.3, -0.25) is 9.59 Å². The average Bonchev–Trinajstić information content (AvgIpc) is 3.20. The molecule has 11 nitrogen and oxygen atoms in total. The maximum atomic E-state index is 13.3. The van der Waals surface area contributed by atoms with Crippen molar-refractivity contribution < 1.29 is 54.8 Å². The summed E-state index contributed by atoms with van der Waals surface area (Å²) in [6, 6.07) is 0. The number of carbonyl (C=O) groups is 2. The van der Waals surface area contributed by atoms with Crippen molar-refractivity contribution >= 4 is 11.9 Å². The molecule has 0 aromatic heterocycles. The van der Waals surface area contributed by atoms with Crippen LogP contribution in [-0.2, 0) is 19.1 Å². The zero-order chi connectivity index (χ0) is 45.0. The molecule has 0 amide bonds. The number of carboxylic acids is 1. The number of ether oxygens (including phenoxy) is 2. The summed E-state index contributed by atoms with van der Waals surface area (Å²) in [5.74, 6) is -3.64. The Balaban J connectivity index is 2.98. The second kappa shape index (κ2) is 31.2. The zero-order valence-electron chi connectivity index (χ0n) is 37.0. The summed E-state index contributed by atoms with van der Waals surface area (Å²) in [6.45, 7) is 10.7. The normalized spacial score (nSPS) is 30.9. The monoisotopic (exact) mass is 841 g/mol. The Morgan fingerprint density at radius 1 is 0.850 bits per heavy atom.